The number of carbonyl (C=O) groups excluding carboxylic acids is 1. The van der Waals surface area contributed by atoms with Crippen molar-refractivity contribution in [3.8, 4) is 0 Å². The van der Waals surface area contributed by atoms with Gasteiger partial charge in [-0.2, -0.15) is 0 Å². The zero-order valence-electron chi connectivity index (χ0n) is 14.8. The van der Waals surface area contributed by atoms with Gasteiger partial charge in [0, 0.05) is 43.4 Å². The molecule has 0 aromatic heterocycles. The number of carbonyl (C=O) groups is 1. The van der Waals surface area contributed by atoms with Crippen molar-refractivity contribution in [2.75, 3.05) is 44.6 Å². The number of piperazine rings is 1. The Bertz CT molecular complexity index is 740. The van der Waals surface area contributed by atoms with E-state index in [1.54, 1.807) is 12.1 Å². The molecule has 1 amide bonds. The largest absolute Gasteiger partial charge is 0.325 e. The first-order valence-electron chi connectivity index (χ1n) is 8.91. The summed E-state index contributed by atoms with van der Waals surface area (Å²) in [6, 6.07) is 17.6. The fourth-order valence-corrected chi connectivity index (χ4v) is 3.19. The molecule has 1 saturated heterocycles. The summed E-state index contributed by atoms with van der Waals surface area (Å²) in [7, 11) is 0. The molecule has 0 bridgehead atoms. The maximum atomic E-state index is 12.2. The van der Waals surface area contributed by atoms with E-state index in [0.717, 1.165) is 38.4 Å². The van der Waals surface area contributed by atoms with Crippen LogP contribution in [0.25, 0.3) is 6.08 Å². The number of halogens is 1. The molecule has 26 heavy (non-hydrogen) atoms. The van der Waals surface area contributed by atoms with Crippen LogP contribution in [0.1, 0.15) is 5.56 Å². The Kier molecular flexibility index (Phi) is 6.83. The third-order valence-corrected chi connectivity index (χ3v) is 4.65. The van der Waals surface area contributed by atoms with Crippen molar-refractivity contribution in [1.82, 2.24) is 9.80 Å². The van der Waals surface area contributed by atoms with Crippen molar-refractivity contribution >= 4 is 29.3 Å². The molecule has 0 atom stereocenters. The second-order valence-corrected chi connectivity index (χ2v) is 6.88. The van der Waals surface area contributed by atoms with Crippen LogP contribution < -0.4 is 5.32 Å². The second kappa shape index (κ2) is 9.53. The molecule has 0 saturated carbocycles. The molecule has 1 aliphatic heterocycles. The Morgan fingerprint density at radius 1 is 1.00 bits per heavy atom. The number of amides is 1. The fourth-order valence-electron chi connectivity index (χ4n) is 3.00. The van der Waals surface area contributed by atoms with Crippen molar-refractivity contribution in [3.05, 3.63) is 71.3 Å². The van der Waals surface area contributed by atoms with Crippen LogP contribution in [0.4, 0.5) is 5.69 Å². The average Bonchev–Trinajstić information content (AvgIpc) is 2.64. The van der Waals surface area contributed by atoms with Gasteiger partial charge in [-0.1, -0.05) is 60.2 Å². The Morgan fingerprint density at radius 3 is 2.46 bits per heavy atom. The minimum atomic E-state index is 0.00434. The molecule has 0 radical (unpaired) electrons. The number of hydrogen-bond donors (Lipinski definition) is 1. The Hall–Kier alpha value is -2.14. The molecule has 3 rings (SSSR count). The van der Waals surface area contributed by atoms with Crippen LogP contribution in [-0.2, 0) is 4.79 Å². The highest BCUT2D eigenvalue weighted by Gasteiger charge is 2.18. The van der Waals surface area contributed by atoms with E-state index in [1.807, 2.05) is 30.3 Å². The van der Waals surface area contributed by atoms with E-state index in [4.69, 9.17) is 11.6 Å². The van der Waals surface area contributed by atoms with Gasteiger partial charge in [0.2, 0.25) is 5.91 Å². The van der Waals surface area contributed by atoms with E-state index >= 15 is 0 Å². The Morgan fingerprint density at radius 2 is 1.73 bits per heavy atom. The number of nitrogens with one attached hydrogen (secondary N) is 1. The van der Waals surface area contributed by atoms with Crippen LogP contribution in [0.15, 0.2) is 60.7 Å². The van der Waals surface area contributed by atoms with Crippen molar-refractivity contribution in [2.45, 2.75) is 0 Å². The highest BCUT2D eigenvalue weighted by atomic mass is 35.5. The zero-order valence-corrected chi connectivity index (χ0v) is 15.5. The molecular weight excluding hydrogens is 346 g/mol. The summed E-state index contributed by atoms with van der Waals surface area (Å²) in [5.74, 6) is 0.00434. The Labute approximate surface area is 160 Å². The normalized spacial score (nSPS) is 16.0. The molecule has 2 aromatic rings. The number of rotatable bonds is 6. The third kappa shape index (κ3) is 5.99. The molecule has 136 valence electrons. The minimum Gasteiger partial charge on any atom is -0.325 e. The van der Waals surface area contributed by atoms with Gasteiger partial charge in [0.1, 0.15) is 0 Å². The highest BCUT2D eigenvalue weighted by Crippen LogP contribution is 2.15. The molecule has 1 N–H and O–H groups in total. The van der Waals surface area contributed by atoms with Crippen LogP contribution in [0.5, 0.6) is 0 Å². The van der Waals surface area contributed by atoms with E-state index in [1.165, 1.54) is 5.56 Å². The summed E-state index contributed by atoms with van der Waals surface area (Å²) in [5.41, 5.74) is 1.97. The van der Waals surface area contributed by atoms with Gasteiger partial charge in [0.25, 0.3) is 0 Å². The summed E-state index contributed by atoms with van der Waals surface area (Å²) in [6.07, 6.45) is 4.36. The number of nitrogens with zero attached hydrogens (tertiary/aromatic N) is 2. The molecule has 0 unspecified atom stereocenters. The van der Waals surface area contributed by atoms with Crippen LogP contribution in [0.3, 0.4) is 0 Å². The highest BCUT2D eigenvalue weighted by molar-refractivity contribution is 6.30. The SMILES string of the molecule is O=C(CN1CCN(C/C=C/c2ccccc2)CC1)Nc1cccc(Cl)c1. The predicted octanol–water partition coefficient (Wildman–Crippen LogP) is 3.61. The van der Waals surface area contributed by atoms with Crippen molar-refractivity contribution in [2.24, 2.45) is 0 Å². The first kappa shape index (κ1) is 18.6. The molecule has 2 aromatic carbocycles. The van der Waals surface area contributed by atoms with Crippen molar-refractivity contribution < 1.29 is 4.79 Å². The van der Waals surface area contributed by atoms with E-state index in [-0.39, 0.29) is 5.91 Å². The van der Waals surface area contributed by atoms with Crippen LogP contribution in [0.2, 0.25) is 5.02 Å². The number of anilines is 1. The number of hydrogen-bond acceptors (Lipinski definition) is 3. The molecule has 1 fully saturated rings. The summed E-state index contributed by atoms with van der Waals surface area (Å²) in [6.45, 7) is 5.12. The zero-order chi connectivity index (χ0) is 18.2. The third-order valence-electron chi connectivity index (χ3n) is 4.41. The molecule has 1 aliphatic rings. The lowest BCUT2D eigenvalue weighted by Gasteiger charge is -2.33. The first-order chi connectivity index (χ1) is 12.7. The molecule has 0 aliphatic carbocycles. The number of benzene rings is 2. The standard InChI is InChI=1S/C21H24ClN3O/c22-19-9-4-10-20(16-19)23-21(26)17-25-14-12-24(13-15-25)11-5-8-18-6-2-1-3-7-18/h1-10,16H,11-15,17H2,(H,23,26)/b8-5+. The van der Waals surface area contributed by atoms with E-state index in [9.17, 15) is 4.79 Å². The smallest absolute Gasteiger partial charge is 0.238 e. The van der Waals surface area contributed by atoms with Gasteiger partial charge in [-0.15, -0.1) is 0 Å². The van der Waals surface area contributed by atoms with Gasteiger partial charge in [0.05, 0.1) is 6.54 Å². The fraction of sp³-hybridized carbons (Fsp3) is 0.286. The van der Waals surface area contributed by atoms with Gasteiger partial charge in [-0.05, 0) is 23.8 Å². The van der Waals surface area contributed by atoms with Gasteiger partial charge in [0.15, 0.2) is 0 Å². The molecular formula is C21H24ClN3O. The summed E-state index contributed by atoms with van der Waals surface area (Å²) in [4.78, 5) is 16.8. The van der Waals surface area contributed by atoms with Gasteiger partial charge >= 0.3 is 0 Å². The summed E-state index contributed by atoms with van der Waals surface area (Å²) >= 11 is 5.94. The topological polar surface area (TPSA) is 35.6 Å². The average molecular weight is 370 g/mol. The lowest BCUT2D eigenvalue weighted by atomic mass is 10.2. The maximum Gasteiger partial charge on any atom is 0.238 e. The molecule has 5 heteroatoms. The van der Waals surface area contributed by atoms with Gasteiger partial charge in [-0.25, -0.2) is 0 Å². The van der Waals surface area contributed by atoms with Crippen LogP contribution >= 0.6 is 11.6 Å². The predicted molar refractivity (Wildman–Crippen MR) is 108 cm³/mol. The van der Waals surface area contributed by atoms with E-state index in [2.05, 4.69) is 39.4 Å². The van der Waals surface area contributed by atoms with E-state index in [0.29, 0.717) is 11.6 Å². The second-order valence-electron chi connectivity index (χ2n) is 6.45. The van der Waals surface area contributed by atoms with Crippen molar-refractivity contribution in [3.63, 3.8) is 0 Å². The lowest BCUT2D eigenvalue weighted by molar-refractivity contribution is -0.117. The molecule has 0 spiro atoms. The minimum absolute atomic E-state index is 0.00434. The van der Waals surface area contributed by atoms with E-state index < -0.39 is 0 Å². The maximum absolute atomic E-state index is 12.2. The molecule has 4 nitrogen and oxygen atoms in total. The van der Waals surface area contributed by atoms with Crippen LogP contribution in [-0.4, -0.2) is 55.0 Å². The van der Waals surface area contributed by atoms with Gasteiger partial charge in [-0.3, -0.25) is 14.6 Å². The molecule has 1 heterocycles. The lowest BCUT2D eigenvalue weighted by Crippen LogP contribution is -2.48. The Balaban J connectivity index is 1.38. The first-order valence-corrected chi connectivity index (χ1v) is 9.28. The monoisotopic (exact) mass is 369 g/mol. The quantitative estimate of drug-likeness (QED) is 0.844. The van der Waals surface area contributed by atoms with Gasteiger partial charge < -0.3 is 5.32 Å². The summed E-state index contributed by atoms with van der Waals surface area (Å²) < 4.78 is 0. The van der Waals surface area contributed by atoms with Crippen LogP contribution in [0, 0.1) is 0 Å². The summed E-state index contributed by atoms with van der Waals surface area (Å²) in [5, 5.41) is 3.53. The van der Waals surface area contributed by atoms with Crippen molar-refractivity contribution in [1.29, 1.82) is 0 Å².